The van der Waals surface area contributed by atoms with Crippen molar-refractivity contribution in [1.29, 1.82) is 0 Å². The number of halogens is 5. The Morgan fingerprint density at radius 2 is 1.62 bits per heavy atom. The van der Waals surface area contributed by atoms with E-state index in [0.29, 0.717) is 22.2 Å². The maximum Gasteiger partial charge on any atom is 0.419 e. The van der Waals surface area contributed by atoms with Crippen LogP contribution in [0.15, 0.2) is 71.6 Å². The van der Waals surface area contributed by atoms with Crippen molar-refractivity contribution in [3.8, 4) is 0 Å². The average Bonchev–Trinajstić information content (AvgIpc) is 3.13. The Labute approximate surface area is 219 Å². The molecule has 0 bridgehead atoms. The van der Waals surface area contributed by atoms with Gasteiger partial charge in [-0.1, -0.05) is 35.9 Å². The highest BCUT2D eigenvalue weighted by Crippen LogP contribution is 2.44. The van der Waals surface area contributed by atoms with Crippen LogP contribution in [0.2, 0.25) is 5.02 Å². The van der Waals surface area contributed by atoms with Gasteiger partial charge in [0.2, 0.25) is 10.0 Å². The van der Waals surface area contributed by atoms with Crippen molar-refractivity contribution in [3.05, 3.63) is 88.7 Å². The van der Waals surface area contributed by atoms with Crippen molar-refractivity contribution in [2.24, 2.45) is 0 Å². The summed E-state index contributed by atoms with van der Waals surface area (Å²) in [6, 6.07) is 13.8. The van der Waals surface area contributed by atoms with Gasteiger partial charge in [0.05, 0.1) is 28.3 Å². The zero-order valence-corrected chi connectivity index (χ0v) is 22.0. The molecule has 0 saturated heterocycles. The third-order valence-corrected chi connectivity index (χ3v) is 9.32. The first-order valence-electron chi connectivity index (χ1n) is 10.3. The molecule has 0 atom stereocenters. The van der Waals surface area contributed by atoms with Crippen LogP contribution < -0.4 is 9.03 Å². The number of alkyl halides is 3. The Morgan fingerprint density at radius 3 is 2.22 bits per heavy atom. The van der Waals surface area contributed by atoms with E-state index in [1.165, 1.54) is 12.1 Å². The summed E-state index contributed by atoms with van der Waals surface area (Å²) in [7, 11) is -8.05. The van der Waals surface area contributed by atoms with E-state index in [4.69, 9.17) is 11.6 Å². The molecule has 0 unspecified atom stereocenters. The fourth-order valence-electron chi connectivity index (χ4n) is 3.52. The molecule has 0 amide bonds. The lowest BCUT2D eigenvalue weighted by molar-refractivity contribution is -0.140. The number of rotatable bonds is 7. The van der Waals surface area contributed by atoms with Gasteiger partial charge in [0.15, 0.2) is 0 Å². The molecular weight excluding hydrogens is 576 g/mol. The molecule has 3 aromatic carbocycles. The number of sulfonamides is 2. The van der Waals surface area contributed by atoms with Crippen molar-refractivity contribution >= 4 is 63.8 Å². The predicted octanol–water partition coefficient (Wildman–Crippen LogP) is 6.48. The van der Waals surface area contributed by atoms with Crippen molar-refractivity contribution in [1.82, 2.24) is 0 Å². The summed E-state index contributed by atoms with van der Waals surface area (Å²) in [5, 5.41) is 0.684. The van der Waals surface area contributed by atoms with Crippen molar-refractivity contribution < 1.29 is 34.4 Å². The molecule has 1 N–H and O–H groups in total. The minimum absolute atomic E-state index is 0.0547. The van der Waals surface area contributed by atoms with Crippen LogP contribution in [0.4, 0.5) is 28.3 Å². The normalized spacial score (nSPS) is 12.6. The first kappa shape index (κ1) is 27.2. The number of nitrogens with zero attached hydrogens (tertiary/aromatic N) is 1. The maximum absolute atomic E-state index is 13.9. The second-order valence-corrected chi connectivity index (χ2v) is 13.0. The Kier molecular flexibility index (Phi) is 7.18. The van der Waals surface area contributed by atoms with Crippen LogP contribution in [0, 0.1) is 5.82 Å². The van der Waals surface area contributed by atoms with Gasteiger partial charge >= 0.3 is 6.18 Å². The molecule has 37 heavy (non-hydrogen) atoms. The molecule has 14 heteroatoms. The van der Waals surface area contributed by atoms with Crippen molar-refractivity contribution in [2.75, 3.05) is 15.3 Å². The first-order valence-corrected chi connectivity index (χ1v) is 14.8. The number of anilines is 2. The minimum atomic E-state index is -4.98. The number of thiophene rings is 1. The van der Waals surface area contributed by atoms with Gasteiger partial charge in [-0.25, -0.2) is 21.2 Å². The smallest absolute Gasteiger partial charge is 0.284 e. The quantitative estimate of drug-likeness (QED) is 0.249. The van der Waals surface area contributed by atoms with Crippen LogP contribution in [0.3, 0.4) is 0 Å². The first-order chi connectivity index (χ1) is 17.2. The van der Waals surface area contributed by atoms with Gasteiger partial charge in [0.25, 0.3) is 10.0 Å². The van der Waals surface area contributed by atoms with E-state index >= 15 is 0 Å². The molecule has 4 rings (SSSR count). The summed E-state index contributed by atoms with van der Waals surface area (Å²) in [6.45, 7) is -0.582. The van der Waals surface area contributed by atoms with Crippen LogP contribution in [-0.2, 0) is 32.8 Å². The Hall–Kier alpha value is -2.87. The SMILES string of the molecule is CS(=O)(=O)Nc1ccc(S(=O)(=O)N(Cc2ccc(F)c(C(F)(F)F)c2)c2sc3ccccc3c2Cl)cc1. The molecule has 196 valence electrons. The predicted molar refractivity (Wildman–Crippen MR) is 137 cm³/mol. The highest BCUT2D eigenvalue weighted by molar-refractivity contribution is 7.93. The Bertz CT molecular complexity index is 1690. The lowest BCUT2D eigenvalue weighted by Gasteiger charge is -2.24. The fourth-order valence-corrected chi connectivity index (χ4v) is 7.34. The number of fused-ring (bicyclic) bond motifs is 1. The number of nitrogens with one attached hydrogen (secondary N) is 1. The minimum Gasteiger partial charge on any atom is -0.284 e. The standard InChI is InChI=1S/C23H17ClF4N2O4S3/c1-36(31,32)29-15-7-9-16(10-8-15)37(33,34)30(22-21(24)17-4-2-3-5-20(17)35-22)13-14-6-11-19(25)18(12-14)23(26,27)28/h2-12,29H,13H2,1H3. The summed E-state index contributed by atoms with van der Waals surface area (Å²) in [4.78, 5) is -0.266. The Balaban J connectivity index is 1.84. The second-order valence-electron chi connectivity index (χ2n) is 7.94. The summed E-state index contributed by atoms with van der Waals surface area (Å²) >= 11 is 7.55. The van der Waals surface area contributed by atoms with E-state index in [-0.39, 0.29) is 26.2 Å². The molecule has 0 spiro atoms. The molecular formula is C23H17ClF4N2O4S3. The second kappa shape index (κ2) is 9.78. The lowest BCUT2D eigenvalue weighted by Crippen LogP contribution is -2.30. The number of hydrogen-bond donors (Lipinski definition) is 1. The van der Waals surface area contributed by atoms with E-state index < -0.39 is 44.1 Å². The molecule has 0 radical (unpaired) electrons. The largest absolute Gasteiger partial charge is 0.419 e. The van der Waals surface area contributed by atoms with Gasteiger partial charge in [0, 0.05) is 15.8 Å². The Morgan fingerprint density at radius 1 is 0.973 bits per heavy atom. The van der Waals surface area contributed by atoms with E-state index in [9.17, 15) is 34.4 Å². The van der Waals surface area contributed by atoms with Crippen LogP contribution in [0.25, 0.3) is 10.1 Å². The molecule has 0 fully saturated rings. The van der Waals surface area contributed by atoms with Crippen molar-refractivity contribution in [3.63, 3.8) is 0 Å². The van der Waals surface area contributed by atoms with E-state index in [0.717, 1.165) is 40.1 Å². The van der Waals surface area contributed by atoms with Crippen LogP contribution >= 0.6 is 22.9 Å². The fraction of sp³-hybridized carbons (Fsp3) is 0.130. The van der Waals surface area contributed by atoms with Gasteiger partial charge in [-0.05, 0) is 48.0 Å². The molecule has 4 aromatic rings. The van der Waals surface area contributed by atoms with E-state index in [1.807, 2.05) is 0 Å². The molecule has 1 aromatic heterocycles. The molecule has 1 heterocycles. The van der Waals surface area contributed by atoms with Crippen molar-refractivity contribution in [2.45, 2.75) is 17.6 Å². The zero-order chi connectivity index (χ0) is 27.2. The van der Waals surface area contributed by atoms with Gasteiger partial charge in [0.1, 0.15) is 10.8 Å². The molecule has 0 aliphatic heterocycles. The van der Waals surface area contributed by atoms with E-state index in [1.54, 1.807) is 24.3 Å². The summed E-state index contributed by atoms with van der Waals surface area (Å²) in [5.41, 5.74) is -1.54. The molecule has 0 aliphatic rings. The number of benzene rings is 3. The topological polar surface area (TPSA) is 83.5 Å². The third-order valence-electron chi connectivity index (χ3n) is 5.15. The molecule has 0 saturated carbocycles. The third kappa shape index (κ3) is 5.84. The highest BCUT2D eigenvalue weighted by Gasteiger charge is 2.35. The summed E-state index contributed by atoms with van der Waals surface area (Å²) in [5.74, 6) is -1.49. The number of hydrogen-bond acceptors (Lipinski definition) is 5. The van der Waals surface area contributed by atoms with Crippen LogP contribution in [0.1, 0.15) is 11.1 Å². The van der Waals surface area contributed by atoms with Gasteiger partial charge in [-0.2, -0.15) is 13.2 Å². The monoisotopic (exact) mass is 592 g/mol. The highest BCUT2D eigenvalue weighted by atomic mass is 35.5. The molecule has 0 aliphatic carbocycles. The van der Waals surface area contributed by atoms with Crippen LogP contribution in [-0.4, -0.2) is 23.1 Å². The summed E-state index contributed by atoms with van der Waals surface area (Å²) < 4.78 is 108. The van der Waals surface area contributed by atoms with Crippen LogP contribution in [0.5, 0.6) is 0 Å². The van der Waals surface area contributed by atoms with Gasteiger partial charge in [-0.3, -0.25) is 9.03 Å². The zero-order valence-electron chi connectivity index (χ0n) is 18.8. The van der Waals surface area contributed by atoms with E-state index in [2.05, 4.69) is 4.72 Å². The van der Waals surface area contributed by atoms with Gasteiger partial charge in [-0.15, -0.1) is 11.3 Å². The maximum atomic E-state index is 13.9. The summed E-state index contributed by atoms with van der Waals surface area (Å²) in [6.07, 6.45) is -4.05. The average molecular weight is 593 g/mol. The van der Waals surface area contributed by atoms with Gasteiger partial charge < -0.3 is 0 Å². The molecule has 6 nitrogen and oxygen atoms in total. The lowest BCUT2D eigenvalue weighted by atomic mass is 10.1.